The summed E-state index contributed by atoms with van der Waals surface area (Å²) in [5, 5.41) is 2.28. The van der Waals surface area contributed by atoms with Crippen LogP contribution < -0.4 is 14.5 Å². The number of rotatable bonds is 7. The minimum absolute atomic E-state index is 0.230. The highest BCUT2D eigenvalue weighted by molar-refractivity contribution is 5.91. The molecule has 1 amide bonds. The van der Waals surface area contributed by atoms with Gasteiger partial charge in [-0.15, -0.1) is 0 Å². The van der Waals surface area contributed by atoms with Crippen molar-refractivity contribution in [2.24, 2.45) is 0 Å². The number of benzene rings is 2. The molecule has 2 aromatic heterocycles. The number of fused-ring (bicyclic) bond motifs is 2. The minimum atomic E-state index is 0.230. The Morgan fingerprint density at radius 3 is 2.84 bits per heavy atom. The molecular formula is C28H33N7O2. The molecule has 0 radical (unpaired) electrons. The largest absolute Gasteiger partial charge is 0.491 e. The molecule has 4 aromatic rings. The fourth-order valence-electron chi connectivity index (χ4n) is 5.58. The lowest BCUT2D eigenvalue weighted by atomic mass is 10.1. The van der Waals surface area contributed by atoms with Gasteiger partial charge in [-0.2, -0.15) is 0 Å². The predicted octanol–water partition coefficient (Wildman–Crippen LogP) is 4.00. The van der Waals surface area contributed by atoms with Gasteiger partial charge in [-0.1, -0.05) is 25.1 Å². The van der Waals surface area contributed by atoms with Gasteiger partial charge in [0.05, 0.1) is 12.4 Å². The van der Waals surface area contributed by atoms with Crippen molar-refractivity contribution in [3.05, 3.63) is 49.1 Å². The molecule has 6 rings (SSSR count). The third kappa shape index (κ3) is 4.65. The van der Waals surface area contributed by atoms with Gasteiger partial charge >= 0.3 is 0 Å². The van der Waals surface area contributed by atoms with Gasteiger partial charge in [0.25, 0.3) is 0 Å². The van der Waals surface area contributed by atoms with E-state index in [9.17, 15) is 4.79 Å². The lowest BCUT2D eigenvalue weighted by Gasteiger charge is -2.36. The molecule has 192 valence electrons. The first-order chi connectivity index (χ1) is 18.2. The van der Waals surface area contributed by atoms with Crippen LogP contribution in [-0.2, 0) is 4.79 Å². The van der Waals surface area contributed by atoms with E-state index in [1.165, 1.54) is 5.69 Å². The number of carbonyl (C=O) groups is 1. The van der Waals surface area contributed by atoms with E-state index in [0.29, 0.717) is 18.7 Å². The number of H-pyrrole nitrogens is 1. The maximum Gasteiger partial charge on any atom is 0.222 e. The third-order valence-electron chi connectivity index (χ3n) is 7.57. The molecule has 1 atom stereocenters. The Morgan fingerprint density at radius 1 is 1.08 bits per heavy atom. The summed E-state index contributed by atoms with van der Waals surface area (Å²) in [6.45, 7) is 6.83. The van der Waals surface area contributed by atoms with Crippen LogP contribution in [0.3, 0.4) is 0 Å². The van der Waals surface area contributed by atoms with Gasteiger partial charge in [0, 0.05) is 50.2 Å². The number of nitrogens with zero attached hydrogens (tertiary/aromatic N) is 6. The highest BCUT2D eigenvalue weighted by Gasteiger charge is 2.28. The first kappa shape index (κ1) is 23.5. The molecule has 0 saturated carbocycles. The van der Waals surface area contributed by atoms with Gasteiger partial charge in [-0.25, -0.2) is 15.0 Å². The van der Waals surface area contributed by atoms with Crippen molar-refractivity contribution in [2.45, 2.75) is 38.6 Å². The van der Waals surface area contributed by atoms with E-state index < -0.39 is 0 Å². The van der Waals surface area contributed by atoms with E-state index in [1.54, 1.807) is 12.7 Å². The highest BCUT2D eigenvalue weighted by atomic mass is 16.5. The number of ether oxygens (including phenoxy) is 1. The molecule has 1 N–H and O–H groups in total. The Labute approximate surface area is 216 Å². The summed E-state index contributed by atoms with van der Waals surface area (Å²) in [6, 6.07) is 13.1. The monoisotopic (exact) mass is 499 g/mol. The van der Waals surface area contributed by atoms with E-state index in [-0.39, 0.29) is 11.9 Å². The zero-order chi connectivity index (χ0) is 25.2. The third-order valence-corrected chi connectivity index (χ3v) is 7.57. The number of nitrogens with one attached hydrogen (secondary N) is 1. The van der Waals surface area contributed by atoms with Gasteiger partial charge in [-0.05, 0) is 42.8 Å². The zero-order valence-corrected chi connectivity index (χ0v) is 21.3. The van der Waals surface area contributed by atoms with Crippen LogP contribution in [0.1, 0.15) is 32.6 Å². The van der Waals surface area contributed by atoms with E-state index in [2.05, 4.69) is 73.1 Å². The molecular weight excluding hydrogens is 466 g/mol. The molecule has 2 fully saturated rings. The Kier molecular flexibility index (Phi) is 6.51. The van der Waals surface area contributed by atoms with E-state index in [1.807, 2.05) is 4.90 Å². The molecule has 2 aromatic carbocycles. The number of hydrogen-bond acceptors (Lipinski definition) is 7. The minimum Gasteiger partial charge on any atom is -0.491 e. The van der Waals surface area contributed by atoms with Crippen LogP contribution in [0.4, 0.5) is 11.5 Å². The quantitative estimate of drug-likeness (QED) is 0.411. The molecule has 2 saturated heterocycles. The molecule has 9 nitrogen and oxygen atoms in total. The van der Waals surface area contributed by atoms with Crippen LogP contribution in [0, 0.1) is 0 Å². The second-order valence-electron chi connectivity index (χ2n) is 9.88. The molecule has 2 aliphatic rings. The lowest BCUT2D eigenvalue weighted by Crippen LogP contribution is -2.48. The summed E-state index contributed by atoms with van der Waals surface area (Å²) in [5.74, 6) is 2.07. The molecule has 0 spiro atoms. The SMILES string of the molecule is CCCC(=O)N1CCN(c2ccc3cccc(OC[C@H]4CCCN4c4ncnc5nc[nH]c45)c3c2)CC1. The van der Waals surface area contributed by atoms with Crippen molar-refractivity contribution >= 4 is 39.3 Å². The first-order valence-corrected chi connectivity index (χ1v) is 13.3. The number of carbonyl (C=O) groups excluding carboxylic acids is 1. The summed E-state index contributed by atoms with van der Waals surface area (Å²) in [7, 11) is 0. The molecule has 37 heavy (non-hydrogen) atoms. The van der Waals surface area contributed by atoms with Crippen molar-refractivity contribution in [3.8, 4) is 5.75 Å². The standard InChI is InChI=1S/C28H33N7O2/c1-2-5-25(36)34-14-12-33(13-15-34)21-10-9-20-6-3-8-24(23(20)16-21)37-17-22-7-4-11-35(22)28-26-27(30-18-29-26)31-19-32-28/h3,6,8-10,16,18-19,22H,2,4-5,7,11-15,17H2,1H3,(H,29,30,31,32)/t22-/m1/s1. The number of amides is 1. The molecule has 4 heterocycles. The Balaban J connectivity index is 1.18. The van der Waals surface area contributed by atoms with Gasteiger partial charge < -0.3 is 24.4 Å². The topological polar surface area (TPSA) is 90.5 Å². The maximum absolute atomic E-state index is 12.3. The van der Waals surface area contributed by atoms with Crippen LogP contribution in [0.2, 0.25) is 0 Å². The Hall–Kier alpha value is -3.88. The molecule has 0 aliphatic carbocycles. The van der Waals surface area contributed by atoms with Crippen LogP contribution in [-0.4, -0.2) is 76.1 Å². The summed E-state index contributed by atoms with van der Waals surface area (Å²) in [4.78, 5) is 35.3. The van der Waals surface area contributed by atoms with Crippen LogP contribution in [0.15, 0.2) is 49.1 Å². The van der Waals surface area contributed by atoms with Crippen molar-refractivity contribution in [1.82, 2.24) is 24.8 Å². The Bertz CT molecular complexity index is 1400. The van der Waals surface area contributed by atoms with Crippen molar-refractivity contribution in [3.63, 3.8) is 0 Å². The molecule has 0 bridgehead atoms. The number of aromatic amines is 1. The average Bonchev–Trinajstić information content (AvgIpc) is 3.61. The van der Waals surface area contributed by atoms with Crippen LogP contribution in [0.5, 0.6) is 5.75 Å². The van der Waals surface area contributed by atoms with Gasteiger partial charge in [-0.3, -0.25) is 4.79 Å². The van der Waals surface area contributed by atoms with E-state index in [4.69, 9.17) is 4.74 Å². The van der Waals surface area contributed by atoms with Gasteiger partial charge in [0.2, 0.25) is 5.91 Å². The number of imidazole rings is 1. The van der Waals surface area contributed by atoms with Crippen LogP contribution >= 0.6 is 0 Å². The van der Waals surface area contributed by atoms with Gasteiger partial charge in [0.1, 0.15) is 24.2 Å². The smallest absolute Gasteiger partial charge is 0.222 e. The second kappa shape index (κ2) is 10.2. The molecule has 2 aliphatic heterocycles. The summed E-state index contributed by atoms with van der Waals surface area (Å²) in [5.41, 5.74) is 2.74. The summed E-state index contributed by atoms with van der Waals surface area (Å²) >= 11 is 0. The second-order valence-corrected chi connectivity index (χ2v) is 9.88. The average molecular weight is 500 g/mol. The van der Waals surface area contributed by atoms with Crippen molar-refractivity contribution < 1.29 is 9.53 Å². The highest BCUT2D eigenvalue weighted by Crippen LogP contribution is 2.32. The van der Waals surface area contributed by atoms with Crippen LogP contribution in [0.25, 0.3) is 21.9 Å². The normalized spacial score (nSPS) is 18.2. The van der Waals surface area contributed by atoms with E-state index in [0.717, 1.165) is 79.8 Å². The summed E-state index contributed by atoms with van der Waals surface area (Å²) in [6.07, 6.45) is 6.94. The predicted molar refractivity (Wildman–Crippen MR) is 145 cm³/mol. The fourth-order valence-corrected chi connectivity index (χ4v) is 5.58. The fraction of sp³-hybridized carbons (Fsp3) is 0.429. The van der Waals surface area contributed by atoms with E-state index >= 15 is 0 Å². The first-order valence-electron chi connectivity index (χ1n) is 13.3. The Morgan fingerprint density at radius 2 is 1.97 bits per heavy atom. The molecule has 0 unspecified atom stereocenters. The molecule has 9 heteroatoms. The number of piperazine rings is 1. The lowest BCUT2D eigenvalue weighted by molar-refractivity contribution is -0.131. The number of aromatic nitrogens is 4. The van der Waals surface area contributed by atoms with Crippen molar-refractivity contribution in [2.75, 3.05) is 49.1 Å². The van der Waals surface area contributed by atoms with Gasteiger partial charge in [0.15, 0.2) is 11.5 Å². The number of hydrogen-bond donors (Lipinski definition) is 1. The zero-order valence-electron chi connectivity index (χ0n) is 21.3. The maximum atomic E-state index is 12.3. The van der Waals surface area contributed by atoms with Crippen molar-refractivity contribution in [1.29, 1.82) is 0 Å². The number of anilines is 2. The summed E-state index contributed by atoms with van der Waals surface area (Å²) < 4.78 is 6.48.